The van der Waals surface area contributed by atoms with E-state index in [9.17, 15) is 14.9 Å². The number of amides is 1. The largest absolute Gasteiger partial charge is 0.326 e. The molecule has 1 aliphatic rings. The van der Waals surface area contributed by atoms with Crippen LogP contribution in [-0.2, 0) is 6.42 Å². The molecule has 1 aliphatic heterocycles. The van der Waals surface area contributed by atoms with Gasteiger partial charge in [0.05, 0.1) is 10.4 Å². The van der Waals surface area contributed by atoms with Crippen LogP contribution in [0.1, 0.15) is 32.6 Å². The van der Waals surface area contributed by atoms with Crippen LogP contribution in [-0.4, -0.2) is 22.4 Å². The van der Waals surface area contributed by atoms with Crippen molar-refractivity contribution in [2.75, 3.05) is 16.8 Å². The van der Waals surface area contributed by atoms with E-state index in [1.807, 2.05) is 18.2 Å². The molecule has 2 heterocycles. The number of hydrogen-bond acceptors (Lipinski definition) is 5. The number of rotatable bonds is 4. The first-order chi connectivity index (χ1) is 16.3. The van der Waals surface area contributed by atoms with Crippen LogP contribution in [0.2, 0.25) is 0 Å². The molecule has 0 aliphatic carbocycles. The van der Waals surface area contributed by atoms with Crippen LogP contribution in [0, 0.1) is 30.9 Å². The fraction of sp³-hybridized carbons (Fsp3) is 0.185. The lowest BCUT2D eigenvalue weighted by Gasteiger charge is -2.19. The predicted octanol–water partition coefficient (Wildman–Crippen LogP) is 6.01. The first kappa shape index (κ1) is 21.6. The van der Waals surface area contributed by atoms with Crippen LogP contribution in [0.25, 0.3) is 10.9 Å². The van der Waals surface area contributed by atoms with Gasteiger partial charge in [0.1, 0.15) is 11.5 Å². The van der Waals surface area contributed by atoms with Gasteiger partial charge in [0.2, 0.25) is 0 Å². The zero-order valence-corrected chi connectivity index (χ0v) is 19.3. The first-order valence-corrected chi connectivity index (χ1v) is 11.1. The number of anilines is 3. The number of hydrogen-bond donors (Lipinski definition) is 1. The Morgan fingerprint density at radius 2 is 1.76 bits per heavy atom. The molecule has 1 amide bonds. The van der Waals surface area contributed by atoms with Crippen molar-refractivity contribution < 1.29 is 9.72 Å². The van der Waals surface area contributed by atoms with Crippen molar-refractivity contribution in [2.24, 2.45) is 0 Å². The molecule has 0 saturated heterocycles. The summed E-state index contributed by atoms with van der Waals surface area (Å²) in [5, 5.41) is 15.3. The Hall–Kier alpha value is -4.26. The third-order valence-electron chi connectivity index (χ3n) is 6.23. The van der Waals surface area contributed by atoms with E-state index in [0.717, 1.165) is 40.9 Å². The number of nitrogens with zero attached hydrogens (tertiary/aromatic N) is 3. The summed E-state index contributed by atoms with van der Waals surface area (Å²) in [5.74, 6) is 0.559. The van der Waals surface area contributed by atoms with Gasteiger partial charge in [0.25, 0.3) is 11.6 Å². The molecule has 0 atom stereocenters. The van der Waals surface area contributed by atoms with E-state index in [0.29, 0.717) is 11.1 Å². The summed E-state index contributed by atoms with van der Waals surface area (Å²) in [5.41, 5.74) is 6.27. The van der Waals surface area contributed by atoms with E-state index >= 15 is 0 Å². The molecule has 1 aromatic heterocycles. The van der Waals surface area contributed by atoms with Crippen LogP contribution < -0.4 is 10.2 Å². The molecule has 7 nitrogen and oxygen atoms in total. The Labute approximate surface area is 197 Å². The summed E-state index contributed by atoms with van der Waals surface area (Å²) < 4.78 is 0. The highest BCUT2D eigenvalue weighted by Gasteiger charge is 2.24. The highest BCUT2D eigenvalue weighted by molar-refractivity contribution is 6.06. The topological polar surface area (TPSA) is 88.4 Å². The zero-order valence-electron chi connectivity index (χ0n) is 19.3. The number of carbonyl (C=O) groups is 1. The van der Waals surface area contributed by atoms with Crippen molar-refractivity contribution in [3.8, 4) is 0 Å². The van der Waals surface area contributed by atoms with Gasteiger partial charge in [-0.2, -0.15) is 0 Å². The Bertz CT molecular complexity index is 1460. The minimum Gasteiger partial charge on any atom is -0.326 e. The first-order valence-electron chi connectivity index (χ1n) is 11.1. The fourth-order valence-electron chi connectivity index (χ4n) is 4.55. The number of nitro groups is 1. The van der Waals surface area contributed by atoms with E-state index < -0.39 is 4.92 Å². The van der Waals surface area contributed by atoms with Gasteiger partial charge in [-0.05, 0) is 85.8 Å². The molecule has 3 aromatic carbocycles. The SMILES string of the molecule is Cc1cc(C)c(NC(=O)c2ccc(N3CCc4cc5ccc(C)cc5nc43)cc2)c([N+](=O)[O-])c1. The van der Waals surface area contributed by atoms with Crippen LogP contribution in [0.15, 0.2) is 60.7 Å². The molecule has 5 rings (SSSR count). The third kappa shape index (κ3) is 3.85. The minimum atomic E-state index is -0.471. The predicted molar refractivity (Wildman–Crippen MR) is 134 cm³/mol. The van der Waals surface area contributed by atoms with Gasteiger partial charge in [-0.15, -0.1) is 0 Å². The van der Waals surface area contributed by atoms with Gasteiger partial charge in [0.15, 0.2) is 0 Å². The lowest BCUT2D eigenvalue weighted by atomic mass is 10.1. The third-order valence-corrected chi connectivity index (χ3v) is 6.23. The standard InChI is InChI=1S/C27H24N4O3/c1-16-4-5-20-15-21-10-11-30(26(21)28-23(20)13-16)22-8-6-19(7-9-22)27(32)29-25-18(3)12-17(2)14-24(25)31(33)34/h4-9,12-15H,10-11H2,1-3H3,(H,29,32). The Kier molecular flexibility index (Phi) is 5.24. The average molecular weight is 453 g/mol. The molecule has 34 heavy (non-hydrogen) atoms. The van der Waals surface area contributed by atoms with Gasteiger partial charge in [-0.3, -0.25) is 14.9 Å². The van der Waals surface area contributed by atoms with Gasteiger partial charge in [-0.1, -0.05) is 18.2 Å². The van der Waals surface area contributed by atoms with Gasteiger partial charge < -0.3 is 10.2 Å². The number of fused-ring (bicyclic) bond motifs is 2. The van der Waals surface area contributed by atoms with Crippen molar-refractivity contribution in [3.63, 3.8) is 0 Å². The molecule has 7 heteroatoms. The lowest BCUT2D eigenvalue weighted by molar-refractivity contribution is -0.384. The van der Waals surface area contributed by atoms with Gasteiger partial charge >= 0.3 is 0 Å². The molecule has 0 spiro atoms. The van der Waals surface area contributed by atoms with Crippen molar-refractivity contribution in [3.05, 3.63) is 98.6 Å². The number of nitro benzene ring substituents is 1. The van der Waals surface area contributed by atoms with Crippen molar-refractivity contribution in [2.45, 2.75) is 27.2 Å². The summed E-state index contributed by atoms with van der Waals surface area (Å²) >= 11 is 0. The van der Waals surface area contributed by atoms with E-state index in [4.69, 9.17) is 4.98 Å². The smallest absolute Gasteiger partial charge is 0.293 e. The Morgan fingerprint density at radius 3 is 2.50 bits per heavy atom. The van der Waals surface area contributed by atoms with Crippen LogP contribution >= 0.6 is 0 Å². The highest BCUT2D eigenvalue weighted by atomic mass is 16.6. The zero-order chi connectivity index (χ0) is 24.0. The molecule has 0 fully saturated rings. The summed E-state index contributed by atoms with van der Waals surface area (Å²) in [6, 6.07) is 19.0. The quantitative estimate of drug-likeness (QED) is 0.302. The Balaban J connectivity index is 1.41. The van der Waals surface area contributed by atoms with Crippen LogP contribution in [0.4, 0.5) is 22.9 Å². The second-order valence-corrected chi connectivity index (χ2v) is 8.80. The maximum atomic E-state index is 12.9. The molecular weight excluding hydrogens is 428 g/mol. The number of aromatic nitrogens is 1. The second kappa shape index (κ2) is 8.26. The van der Waals surface area contributed by atoms with Gasteiger partial charge in [0, 0.05) is 29.2 Å². The van der Waals surface area contributed by atoms with Crippen LogP contribution in [0.3, 0.4) is 0 Å². The molecule has 0 unspecified atom stereocenters. The average Bonchev–Trinajstić information content (AvgIpc) is 3.21. The minimum absolute atomic E-state index is 0.107. The van der Waals surface area contributed by atoms with Crippen molar-refractivity contribution in [1.29, 1.82) is 0 Å². The molecule has 0 saturated carbocycles. The number of pyridine rings is 1. The van der Waals surface area contributed by atoms with Crippen molar-refractivity contribution in [1.82, 2.24) is 4.98 Å². The molecule has 0 bridgehead atoms. The molecule has 1 N–H and O–H groups in total. The van der Waals surface area contributed by atoms with E-state index in [1.165, 1.54) is 17.2 Å². The second-order valence-electron chi connectivity index (χ2n) is 8.80. The summed E-state index contributed by atoms with van der Waals surface area (Å²) in [4.78, 5) is 31.0. The maximum Gasteiger partial charge on any atom is 0.293 e. The maximum absolute atomic E-state index is 12.9. The van der Waals surface area contributed by atoms with E-state index in [-0.39, 0.29) is 17.3 Å². The van der Waals surface area contributed by atoms with E-state index in [2.05, 4.69) is 41.4 Å². The summed E-state index contributed by atoms with van der Waals surface area (Å²) in [6.07, 6.45) is 0.907. The van der Waals surface area contributed by atoms with Crippen molar-refractivity contribution >= 4 is 39.7 Å². The number of benzene rings is 3. The summed E-state index contributed by atoms with van der Waals surface area (Å²) in [6.45, 7) is 6.42. The fourth-order valence-corrected chi connectivity index (χ4v) is 4.55. The number of aryl methyl sites for hydroxylation is 3. The summed E-state index contributed by atoms with van der Waals surface area (Å²) in [7, 11) is 0. The Morgan fingerprint density at radius 1 is 1.00 bits per heavy atom. The lowest BCUT2D eigenvalue weighted by Crippen LogP contribution is -2.16. The number of carbonyl (C=O) groups excluding carboxylic acids is 1. The molecular formula is C27H24N4O3. The van der Waals surface area contributed by atoms with Crippen LogP contribution in [0.5, 0.6) is 0 Å². The monoisotopic (exact) mass is 452 g/mol. The highest BCUT2D eigenvalue weighted by Crippen LogP contribution is 2.35. The molecule has 4 aromatic rings. The van der Waals surface area contributed by atoms with Gasteiger partial charge in [-0.25, -0.2) is 4.98 Å². The molecule has 0 radical (unpaired) electrons. The van der Waals surface area contributed by atoms with E-state index in [1.54, 1.807) is 26.0 Å². The normalized spacial score (nSPS) is 12.6. The molecule has 170 valence electrons. The number of nitrogens with one attached hydrogen (secondary N) is 1.